The first kappa shape index (κ1) is 17.5. The standard InChI is InChI=1S/C17H26FN3/c1-4-17(14-19,20-5-2)12-7-13-21(6-3)16-10-8-15(18)9-11-16/h8-11,20H,4-7,12-13H2,1-3H3. The number of halogens is 1. The highest BCUT2D eigenvalue weighted by molar-refractivity contribution is 5.45. The molecule has 1 atom stereocenters. The summed E-state index contributed by atoms with van der Waals surface area (Å²) in [6.45, 7) is 8.71. The molecule has 1 N–H and O–H groups in total. The lowest BCUT2D eigenvalue weighted by molar-refractivity contribution is 0.373. The Labute approximate surface area is 127 Å². The fourth-order valence-corrected chi connectivity index (χ4v) is 2.60. The van der Waals surface area contributed by atoms with Crippen molar-refractivity contribution in [1.29, 1.82) is 5.26 Å². The molecule has 21 heavy (non-hydrogen) atoms. The summed E-state index contributed by atoms with van der Waals surface area (Å²) in [4.78, 5) is 2.21. The molecule has 0 saturated carbocycles. The van der Waals surface area contributed by atoms with E-state index < -0.39 is 5.54 Å². The van der Waals surface area contributed by atoms with Crippen molar-refractivity contribution >= 4 is 5.69 Å². The molecule has 4 heteroatoms. The normalized spacial score (nSPS) is 13.5. The molecule has 0 aromatic heterocycles. The largest absolute Gasteiger partial charge is 0.372 e. The van der Waals surface area contributed by atoms with E-state index >= 15 is 0 Å². The molecule has 0 amide bonds. The van der Waals surface area contributed by atoms with E-state index in [2.05, 4.69) is 23.2 Å². The molecule has 0 fully saturated rings. The van der Waals surface area contributed by atoms with Crippen LogP contribution in [0.4, 0.5) is 10.1 Å². The minimum Gasteiger partial charge on any atom is -0.372 e. The van der Waals surface area contributed by atoms with Crippen LogP contribution in [-0.4, -0.2) is 25.2 Å². The monoisotopic (exact) mass is 291 g/mol. The van der Waals surface area contributed by atoms with Gasteiger partial charge in [0, 0.05) is 18.8 Å². The Morgan fingerprint density at radius 2 is 1.90 bits per heavy atom. The highest BCUT2D eigenvalue weighted by atomic mass is 19.1. The number of nitrogens with zero attached hydrogens (tertiary/aromatic N) is 2. The van der Waals surface area contributed by atoms with Gasteiger partial charge in [0.2, 0.25) is 0 Å². The number of anilines is 1. The fourth-order valence-electron chi connectivity index (χ4n) is 2.60. The zero-order chi connectivity index (χ0) is 15.7. The number of hydrogen-bond donors (Lipinski definition) is 1. The summed E-state index contributed by atoms with van der Waals surface area (Å²) in [5.41, 5.74) is 0.609. The third-order valence-corrected chi connectivity index (χ3v) is 3.94. The van der Waals surface area contributed by atoms with E-state index in [0.29, 0.717) is 0 Å². The van der Waals surface area contributed by atoms with Crippen molar-refractivity contribution in [3.8, 4) is 6.07 Å². The van der Waals surface area contributed by atoms with Gasteiger partial charge in [-0.1, -0.05) is 13.8 Å². The topological polar surface area (TPSA) is 39.1 Å². The number of rotatable bonds is 9. The van der Waals surface area contributed by atoms with Gasteiger partial charge in [0.1, 0.15) is 11.4 Å². The van der Waals surface area contributed by atoms with Crippen LogP contribution in [0.2, 0.25) is 0 Å². The molecule has 0 bridgehead atoms. The Kier molecular flexibility index (Phi) is 7.18. The smallest absolute Gasteiger partial charge is 0.123 e. The molecule has 3 nitrogen and oxygen atoms in total. The molecule has 1 aromatic rings. The van der Waals surface area contributed by atoms with Crippen LogP contribution in [0.15, 0.2) is 24.3 Å². The predicted octanol–water partition coefficient (Wildman–Crippen LogP) is 3.71. The van der Waals surface area contributed by atoms with E-state index in [-0.39, 0.29) is 5.82 Å². The Hall–Kier alpha value is -1.60. The first-order valence-corrected chi connectivity index (χ1v) is 7.77. The van der Waals surface area contributed by atoms with Crippen molar-refractivity contribution in [3.05, 3.63) is 30.1 Å². The lowest BCUT2D eigenvalue weighted by Crippen LogP contribution is -2.43. The third kappa shape index (κ3) is 5.02. The second-order valence-electron chi connectivity index (χ2n) is 5.24. The van der Waals surface area contributed by atoms with Gasteiger partial charge in [-0.25, -0.2) is 4.39 Å². The maximum atomic E-state index is 13.0. The Morgan fingerprint density at radius 3 is 2.38 bits per heavy atom. The van der Waals surface area contributed by atoms with Gasteiger partial charge in [-0.05, 0) is 57.0 Å². The molecule has 0 spiro atoms. The number of nitriles is 1. The van der Waals surface area contributed by atoms with E-state index in [9.17, 15) is 9.65 Å². The summed E-state index contributed by atoms with van der Waals surface area (Å²) in [6.07, 6.45) is 2.56. The molecule has 0 aliphatic rings. The lowest BCUT2D eigenvalue weighted by Gasteiger charge is -2.28. The summed E-state index contributed by atoms with van der Waals surface area (Å²) >= 11 is 0. The van der Waals surface area contributed by atoms with Gasteiger partial charge in [-0.15, -0.1) is 0 Å². The molecule has 1 rings (SSSR count). The average molecular weight is 291 g/mol. The summed E-state index contributed by atoms with van der Waals surface area (Å²) in [5.74, 6) is -0.212. The number of nitrogens with one attached hydrogen (secondary N) is 1. The van der Waals surface area contributed by atoms with Crippen LogP contribution >= 0.6 is 0 Å². The molecule has 116 valence electrons. The van der Waals surface area contributed by atoms with Gasteiger partial charge in [-0.2, -0.15) is 5.26 Å². The van der Waals surface area contributed by atoms with Gasteiger partial charge in [0.05, 0.1) is 6.07 Å². The van der Waals surface area contributed by atoms with Crippen molar-refractivity contribution in [3.63, 3.8) is 0 Å². The van der Waals surface area contributed by atoms with Gasteiger partial charge < -0.3 is 4.90 Å². The molecule has 0 heterocycles. The van der Waals surface area contributed by atoms with Crippen LogP contribution < -0.4 is 10.2 Å². The molecule has 1 unspecified atom stereocenters. The Balaban J connectivity index is 2.59. The van der Waals surface area contributed by atoms with Crippen LogP contribution in [0, 0.1) is 17.1 Å². The number of benzene rings is 1. The Morgan fingerprint density at radius 1 is 1.24 bits per heavy atom. The first-order chi connectivity index (χ1) is 10.1. The zero-order valence-corrected chi connectivity index (χ0v) is 13.3. The molecule has 0 aliphatic heterocycles. The SMILES string of the molecule is CCNC(C#N)(CC)CCCN(CC)c1ccc(F)cc1. The second kappa shape index (κ2) is 8.63. The van der Waals surface area contributed by atoms with Gasteiger partial charge >= 0.3 is 0 Å². The van der Waals surface area contributed by atoms with E-state index in [1.165, 1.54) is 12.1 Å². The van der Waals surface area contributed by atoms with Crippen molar-refractivity contribution in [2.24, 2.45) is 0 Å². The average Bonchev–Trinajstić information content (AvgIpc) is 2.52. The molecule has 0 aliphatic carbocycles. The zero-order valence-electron chi connectivity index (χ0n) is 13.3. The maximum Gasteiger partial charge on any atom is 0.123 e. The summed E-state index contributed by atoms with van der Waals surface area (Å²) in [6, 6.07) is 9.01. The van der Waals surface area contributed by atoms with E-state index in [4.69, 9.17) is 0 Å². The van der Waals surface area contributed by atoms with Gasteiger partial charge in [0.25, 0.3) is 0 Å². The highest BCUT2D eigenvalue weighted by Gasteiger charge is 2.26. The Bertz CT molecular complexity index is 452. The summed E-state index contributed by atoms with van der Waals surface area (Å²) < 4.78 is 13.0. The van der Waals surface area contributed by atoms with Crippen LogP contribution in [0.1, 0.15) is 40.0 Å². The third-order valence-electron chi connectivity index (χ3n) is 3.94. The highest BCUT2D eigenvalue weighted by Crippen LogP contribution is 2.19. The fraction of sp³-hybridized carbons (Fsp3) is 0.588. The van der Waals surface area contributed by atoms with Gasteiger partial charge in [-0.3, -0.25) is 5.32 Å². The molecular formula is C17H26FN3. The molecule has 0 saturated heterocycles. The lowest BCUT2D eigenvalue weighted by atomic mass is 9.92. The summed E-state index contributed by atoms with van der Waals surface area (Å²) in [5, 5.41) is 12.7. The van der Waals surface area contributed by atoms with Crippen molar-refractivity contribution < 1.29 is 4.39 Å². The van der Waals surface area contributed by atoms with Crippen LogP contribution in [0.25, 0.3) is 0 Å². The summed E-state index contributed by atoms with van der Waals surface area (Å²) in [7, 11) is 0. The second-order valence-corrected chi connectivity index (χ2v) is 5.24. The van der Waals surface area contributed by atoms with Crippen molar-refractivity contribution in [1.82, 2.24) is 5.32 Å². The quantitative estimate of drug-likeness (QED) is 0.754. The predicted molar refractivity (Wildman–Crippen MR) is 85.8 cm³/mol. The van der Waals surface area contributed by atoms with E-state index in [1.807, 2.05) is 13.8 Å². The number of hydrogen-bond acceptors (Lipinski definition) is 3. The van der Waals surface area contributed by atoms with E-state index in [0.717, 1.165) is 44.6 Å². The van der Waals surface area contributed by atoms with Crippen LogP contribution in [0.3, 0.4) is 0 Å². The van der Waals surface area contributed by atoms with E-state index in [1.54, 1.807) is 12.1 Å². The van der Waals surface area contributed by atoms with Gasteiger partial charge in [0.15, 0.2) is 0 Å². The van der Waals surface area contributed by atoms with Crippen molar-refractivity contribution in [2.45, 2.75) is 45.6 Å². The van der Waals surface area contributed by atoms with Crippen molar-refractivity contribution in [2.75, 3.05) is 24.5 Å². The van der Waals surface area contributed by atoms with Crippen LogP contribution in [0.5, 0.6) is 0 Å². The maximum absolute atomic E-state index is 13.0. The minimum atomic E-state index is -0.420. The first-order valence-electron chi connectivity index (χ1n) is 7.77. The molecular weight excluding hydrogens is 265 g/mol. The minimum absolute atomic E-state index is 0.212. The molecule has 1 aromatic carbocycles. The van der Waals surface area contributed by atoms with Crippen LogP contribution in [-0.2, 0) is 0 Å². The molecule has 0 radical (unpaired) electrons.